The first-order valence-electron chi connectivity index (χ1n) is 7.27. The molecule has 0 atom stereocenters. The van der Waals surface area contributed by atoms with E-state index in [2.05, 4.69) is 5.16 Å². The predicted octanol–water partition coefficient (Wildman–Crippen LogP) is 5.27. The van der Waals surface area contributed by atoms with Crippen molar-refractivity contribution in [3.05, 3.63) is 59.2 Å². The summed E-state index contributed by atoms with van der Waals surface area (Å²) in [5.74, 6) is -12.1. The molecule has 0 saturated heterocycles. The van der Waals surface area contributed by atoms with Gasteiger partial charge in [0.2, 0.25) is 0 Å². The van der Waals surface area contributed by atoms with Gasteiger partial charge >= 0.3 is 18.0 Å². The topological polar surface area (TPSA) is 32.6 Å². The Bertz CT molecular complexity index is 887. The van der Waals surface area contributed by atoms with Gasteiger partial charge in [0.05, 0.1) is 0 Å². The molecule has 1 aliphatic carbocycles. The van der Waals surface area contributed by atoms with Gasteiger partial charge in [0.1, 0.15) is 0 Å². The van der Waals surface area contributed by atoms with Crippen molar-refractivity contribution in [3.8, 4) is 11.1 Å². The average Bonchev–Trinajstić information content (AvgIpc) is 2.91. The van der Waals surface area contributed by atoms with Crippen LogP contribution >= 0.6 is 0 Å². The molecular formula is C17H10F7NO. The van der Waals surface area contributed by atoms with Crippen molar-refractivity contribution in [1.29, 1.82) is 0 Å². The lowest BCUT2D eigenvalue weighted by molar-refractivity contribution is -0.336. The zero-order chi connectivity index (χ0) is 19.3. The lowest BCUT2D eigenvalue weighted by Crippen LogP contribution is -2.56. The second-order valence-electron chi connectivity index (χ2n) is 5.80. The number of halogens is 7. The Morgan fingerprint density at radius 3 is 2.08 bits per heavy atom. The van der Waals surface area contributed by atoms with Crippen LogP contribution in [0.15, 0.2) is 47.6 Å². The predicted molar refractivity (Wildman–Crippen MR) is 79.0 cm³/mol. The molecule has 1 aliphatic rings. The van der Waals surface area contributed by atoms with Crippen molar-refractivity contribution < 1.29 is 35.9 Å². The van der Waals surface area contributed by atoms with E-state index in [1.165, 1.54) is 6.07 Å². The molecule has 0 saturated carbocycles. The Kier molecular flexibility index (Phi) is 4.01. The van der Waals surface area contributed by atoms with Crippen molar-refractivity contribution in [2.75, 3.05) is 0 Å². The highest BCUT2D eigenvalue weighted by atomic mass is 19.4. The van der Waals surface area contributed by atoms with Gasteiger partial charge < -0.3 is 5.21 Å². The molecule has 0 unspecified atom stereocenters. The highest BCUT2D eigenvalue weighted by molar-refractivity contribution is 6.06. The third-order valence-electron chi connectivity index (χ3n) is 4.21. The first-order valence-corrected chi connectivity index (χ1v) is 7.27. The van der Waals surface area contributed by atoms with E-state index in [-0.39, 0.29) is 0 Å². The van der Waals surface area contributed by atoms with Crippen LogP contribution in [0, 0.1) is 0 Å². The summed E-state index contributed by atoms with van der Waals surface area (Å²) in [5.41, 5.74) is 0.00788. The van der Waals surface area contributed by atoms with Crippen LogP contribution in [-0.2, 0) is 6.42 Å². The summed E-state index contributed by atoms with van der Waals surface area (Å²) in [6, 6.07) is 10.3. The first-order chi connectivity index (χ1) is 12.0. The number of rotatable bonds is 3. The molecule has 0 aliphatic heterocycles. The minimum Gasteiger partial charge on any atom is -0.410 e. The van der Waals surface area contributed by atoms with Gasteiger partial charge in [-0.3, -0.25) is 0 Å². The molecule has 2 aromatic rings. The van der Waals surface area contributed by atoms with Crippen molar-refractivity contribution in [2.24, 2.45) is 5.16 Å². The molecular weight excluding hydrogens is 367 g/mol. The number of fused-ring (bicyclic) bond motifs is 3. The molecule has 3 rings (SSSR count). The van der Waals surface area contributed by atoms with Crippen LogP contribution in [0.3, 0.4) is 0 Å². The Balaban J connectivity index is 2.05. The van der Waals surface area contributed by atoms with Crippen LogP contribution in [0.5, 0.6) is 0 Å². The number of benzene rings is 2. The maximum absolute atomic E-state index is 13.9. The van der Waals surface area contributed by atoms with E-state index < -0.39 is 29.3 Å². The molecule has 26 heavy (non-hydrogen) atoms. The fourth-order valence-electron chi connectivity index (χ4n) is 2.92. The first kappa shape index (κ1) is 18.2. The third kappa shape index (κ3) is 2.53. The van der Waals surface area contributed by atoms with Crippen LogP contribution in [0.25, 0.3) is 11.1 Å². The summed E-state index contributed by atoms with van der Waals surface area (Å²) in [7, 11) is 0. The number of hydrogen-bond acceptors (Lipinski definition) is 2. The van der Waals surface area contributed by atoms with E-state index in [1.54, 1.807) is 24.3 Å². The number of alkyl halides is 7. The third-order valence-corrected chi connectivity index (χ3v) is 4.21. The lowest BCUT2D eigenvalue weighted by atomic mass is 9.95. The summed E-state index contributed by atoms with van der Waals surface area (Å²) in [6.07, 6.45) is -6.22. The molecule has 0 bridgehead atoms. The SMILES string of the molecule is ON=C(c1ccc2c(c1)Cc1ccccc1-2)C(F)(F)C(F)(F)C(F)(F)F. The Labute approximate surface area is 142 Å². The van der Waals surface area contributed by atoms with Crippen LogP contribution < -0.4 is 0 Å². The number of oxime groups is 1. The van der Waals surface area contributed by atoms with Gasteiger partial charge in [0, 0.05) is 5.56 Å². The highest BCUT2D eigenvalue weighted by Crippen LogP contribution is 2.48. The second-order valence-corrected chi connectivity index (χ2v) is 5.80. The fraction of sp³-hybridized carbons (Fsp3) is 0.235. The van der Waals surface area contributed by atoms with Crippen molar-refractivity contribution >= 4 is 5.71 Å². The number of hydrogen-bond donors (Lipinski definition) is 1. The summed E-state index contributed by atoms with van der Waals surface area (Å²) < 4.78 is 91.4. The Morgan fingerprint density at radius 1 is 0.846 bits per heavy atom. The maximum atomic E-state index is 13.9. The molecule has 0 aromatic heterocycles. The Morgan fingerprint density at radius 2 is 1.46 bits per heavy atom. The van der Waals surface area contributed by atoms with Crippen LogP contribution in [0.4, 0.5) is 30.7 Å². The normalized spacial score (nSPS) is 15.0. The summed E-state index contributed by atoms with van der Waals surface area (Å²) in [6.45, 7) is 0. The monoisotopic (exact) mass is 377 g/mol. The van der Waals surface area contributed by atoms with Gasteiger partial charge in [-0.15, -0.1) is 0 Å². The van der Waals surface area contributed by atoms with E-state index >= 15 is 0 Å². The molecule has 138 valence electrons. The molecule has 0 spiro atoms. The van der Waals surface area contributed by atoms with Gasteiger partial charge in [-0.1, -0.05) is 41.6 Å². The van der Waals surface area contributed by atoms with Crippen LogP contribution in [0.1, 0.15) is 16.7 Å². The molecule has 0 fully saturated rings. The van der Waals surface area contributed by atoms with Crippen LogP contribution in [-0.4, -0.2) is 28.9 Å². The van der Waals surface area contributed by atoms with Gasteiger partial charge in [0.25, 0.3) is 0 Å². The van der Waals surface area contributed by atoms with Crippen molar-refractivity contribution in [1.82, 2.24) is 0 Å². The smallest absolute Gasteiger partial charge is 0.410 e. The van der Waals surface area contributed by atoms with Gasteiger partial charge in [0.15, 0.2) is 5.71 Å². The zero-order valence-corrected chi connectivity index (χ0v) is 12.8. The molecule has 2 aromatic carbocycles. The lowest BCUT2D eigenvalue weighted by Gasteiger charge is -2.28. The van der Waals surface area contributed by atoms with Crippen molar-refractivity contribution in [2.45, 2.75) is 24.4 Å². The van der Waals surface area contributed by atoms with Gasteiger partial charge in [-0.05, 0) is 34.7 Å². The average molecular weight is 377 g/mol. The zero-order valence-electron chi connectivity index (χ0n) is 12.8. The Hall–Kier alpha value is -2.58. The van der Waals surface area contributed by atoms with E-state index in [9.17, 15) is 30.7 Å². The minimum atomic E-state index is -6.51. The van der Waals surface area contributed by atoms with E-state index in [0.29, 0.717) is 17.5 Å². The largest absolute Gasteiger partial charge is 0.460 e. The molecule has 9 heteroatoms. The summed E-state index contributed by atoms with van der Waals surface area (Å²) in [5, 5.41) is 10.8. The second kappa shape index (κ2) is 5.72. The van der Waals surface area contributed by atoms with Gasteiger partial charge in [-0.2, -0.15) is 30.7 Å². The molecule has 2 nitrogen and oxygen atoms in total. The van der Waals surface area contributed by atoms with Gasteiger partial charge in [-0.25, -0.2) is 0 Å². The molecule has 0 heterocycles. The van der Waals surface area contributed by atoms with E-state index in [4.69, 9.17) is 5.21 Å². The highest BCUT2D eigenvalue weighted by Gasteiger charge is 2.75. The molecule has 1 N–H and O–H groups in total. The van der Waals surface area contributed by atoms with Crippen molar-refractivity contribution in [3.63, 3.8) is 0 Å². The maximum Gasteiger partial charge on any atom is 0.460 e. The summed E-state index contributed by atoms with van der Waals surface area (Å²) >= 11 is 0. The van der Waals surface area contributed by atoms with E-state index in [1.807, 2.05) is 0 Å². The van der Waals surface area contributed by atoms with E-state index in [0.717, 1.165) is 23.3 Å². The quantitative estimate of drug-likeness (QED) is 0.287. The standard InChI is InChI=1S/C17H10F7NO/c18-15(19,16(20,21)17(22,23)24)14(25-26)10-5-6-13-11(8-10)7-9-3-1-2-4-12(9)13/h1-6,8,26H,7H2. The molecule has 0 amide bonds. The minimum absolute atomic E-state index is 0.291. The molecule has 0 radical (unpaired) electrons. The summed E-state index contributed by atoms with van der Waals surface area (Å²) in [4.78, 5) is 0. The number of nitrogens with zero attached hydrogens (tertiary/aromatic N) is 1. The fourth-order valence-corrected chi connectivity index (χ4v) is 2.92. The van der Waals surface area contributed by atoms with Crippen LogP contribution in [0.2, 0.25) is 0 Å².